The van der Waals surface area contributed by atoms with Crippen molar-refractivity contribution < 1.29 is 19.8 Å². The molecule has 0 bridgehead atoms. The largest absolute Gasteiger partial charge is 0.481 e. The zero-order chi connectivity index (χ0) is 16.0. The maximum atomic E-state index is 11.2. The van der Waals surface area contributed by atoms with Crippen LogP contribution in [0.5, 0.6) is 0 Å². The topological polar surface area (TPSA) is 102 Å². The van der Waals surface area contributed by atoms with Gasteiger partial charge in [0, 0.05) is 13.1 Å². The standard InChI is InChI=1S/C15H18N2O4/c1-10(14(18)19)8-17(11(2)15(20)21)9-13-5-3-4-12(6-13)7-16/h3-6,10-11H,8-9H2,1-2H3,(H,18,19)(H,20,21). The van der Waals surface area contributed by atoms with Crippen molar-refractivity contribution in [1.29, 1.82) is 5.26 Å². The first kappa shape index (κ1) is 16.7. The van der Waals surface area contributed by atoms with E-state index in [0.717, 1.165) is 5.56 Å². The molecule has 0 aliphatic carbocycles. The van der Waals surface area contributed by atoms with Gasteiger partial charge in [-0.15, -0.1) is 0 Å². The van der Waals surface area contributed by atoms with Crippen LogP contribution >= 0.6 is 0 Å². The minimum absolute atomic E-state index is 0.125. The summed E-state index contributed by atoms with van der Waals surface area (Å²) < 4.78 is 0. The molecule has 2 unspecified atom stereocenters. The third-order valence-electron chi connectivity index (χ3n) is 3.28. The predicted octanol–water partition coefficient (Wildman–Crippen LogP) is 1.55. The molecule has 2 atom stereocenters. The summed E-state index contributed by atoms with van der Waals surface area (Å²) in [5.74, 6) is -2.65. The summed E-state index contributed by atoms with van der Waals surface area (Å²) in [6.07, 6.45) is 0. The summed E-state index contributed by atoms with van der Waals surface area (Å²) in [7, 11) is 0. The lowest BCUT2D eigenvalue weighted by atomic mass is 10.1. The zero-order valence-corrected chi connectivity index (χ0v) is 12.0. The van der Waals surface area contributed by atoms with Crippen molar-refractivity contribution in [2.24, 2.45) is 5.92 Å². The Morgan fingerprint density at radius 3 is 2.48 bits per heavy atom. The second-order valence-electron chi connectivity index (χ2n) is 5.00. The van der Waals surface area contributed by atoms with Crippen molar-refractivity contribution >= 4 is 11.9 Å². The van der Waals surface area contributed by atoms with Crippen molar-refractivity contribution in [3.8, 4) is 6.07 Å². The van der Waals surface area contributed by atoms with Crippen LogP contribution in [0, 0.1) is 17.2 Å². The van der Waals surface area contributed by atoms with E-state index in [2.05, 4.69) is 0 Å². The lowest BCUT2D eigenvalue weighted by molar-refractivity contribution is -0.147. The summed E-state index contributed by atoms with van der Waals surface area (Å²) in [4.78, 5) is 23.7. The number of hydrogen-bond acceptors (Lipinski definition) is 4. The second-order valence-corrected chi connectivity index (χ2v) is 5.00. The average molecular weight is 290 g/mol. The van der Waals surface area contributed by atoms with Crippen molar-refractivity contribution in [3.63, 3.8) is 0 Å². The maximum Gasteiger partial charge on any atom is 0.320 e. The Bertz CT molecular complexity index is 565. The number of nitrogens with zero attached hydrogens (tertiary/aromatic N) is 2. The first-order valence-electron chi connectivity index (χ1n) is 6.53. The van der Waals surface area contributed by atoms with Crippen molar-refractivity contribution in [3.05, 3.63) is 35.4 Å². The molecule has 0 aliphatic rings. The number of nitriles is 1. The molecule has 112 valence electrons. The number of benzene rings is 1. The summed E-state index contributed by atoms with van der Waals surface area (Å²) in [6.45, 7) is 3.46. The molecular formula is C15H18N2O4. The highest BCUT2D eigenvalue weighted by atomic mass is 16.4. The highest BCUT2D eigenvalue weighted by Crippen LogP contribution is 2.13. The first-order chi connectivity index (χ1) is 9.85. The van der Waals surface area contributed by atoms with Gasteiger partial charge in [0.1, 0.15) is 6.04 Å². The SMILES string of the molecule is CC(CN(Cc1cccc(C#N)c1)C(C)C(=O)O)C(=O)O. The lowest BCUT2D eigenvalue weighted by Crippen LogP contribution is -2.42. The van der Waals surface area contributed by atoms with Crippen LogP contribution in [0.15, 0.2) is 24.3 Å². The van der Waals surface area contributed by atoms with Gasteiger partial charge in [0.2, 0.25) is 0 Å². The van der Waals surface area contributed by atoms with Gasteiger partial charge >= 0.3 is 11.9 Å². The molecule has 0 aromatic heterocycles. The molecule has 0 spiro atoms. The summed E-state index contributed by atoms with van der Waals surface area (Å²) in [5, 5.41) is 27.0. The molecule has 1 rings (SSSR count). The van der Waals surface area contributed by atoms with E-state index in [1.54, 1.807) is 29.2 Å². The molecule has 0 aliphatic heterocycles. The van der Waals surface area contributed by atoms with E-state index < -0.39 is 23.9 Å². The van der Waals surface area contributed by atoms with E-state index in [1.165, 1.54) is 13.8 Å². The van der Waals surface area contributed by atoms with Crippen LogP contribution in [0.4, 0.5) is 0 Å². The van der Waals surface area contributed by atoms with Crippen LogP contribution in [0.1, 0.15) is 25.0 Å². The first-order valence-corrected chi connectivity index (χ1v) is 6.53. The Morgan fingerprint density at radius 1 is 1.29 bits per heavy atom. The van der Waals surface area contributed by atoms with E-state index in [-0.39, 0.29) is 13.1 Å². The van der Waals surface area contributed by atoms with Gasteiger partial charge in [-0.2, -0.15) is 5.26 Å². The molecule has 0 saturated heterocycles. The quantitative estimate of drug-likeness (QED) is 0.790. The Kier molecular flexibility index (Phi) is 5.88. The van der Waals surface area contributed by atoms with Crippen LogP contribution in [0.2, 0.25) is 0 Å². The monoisotopic (exact) mass is 290 g/mol. The number of hydrogen-bond donors (Lipinski definition) is 2. The number of aliphatic carboxylic acids is 2. The van der Waals surface area contributed by atoms with Gasteiger partial charge in [0.05, 0.1) is 17.6 Å². The van der Waals surface area contributed by atoms with Crippen LogP contribution < -0.4 is 0 Å². The van der Waals surface area contributed by atoms with Gasteiger partial charge in [-0.1, -0.05) is 19.1 Å². The van der Waals surface area contributed by atoms with Crippen LogP contribution in [-0.4, -0.2) is 39.6 Å². The third kappa shape index (κ3) is 4.89. The number of rotatable bonds is 7. The van der Waals surface area contributed by atoms with Gasteiger partial charge in [0.25, 0.3) is 0 Å². The molecule has 0 fully saturated rings. The minimum Gasteiger partial charge on any atom is -0.481 e. The number of carbonyl (C=O) groups is 2. The fourth-order valence-corrected chi connectivity index (χ4v) is 1.92. The summed E-state index contributed by atoms with van der Waals surface area (Å²) in [5.41, 5.74) is 1.27. The van der Waals surface area contributed by atoms with Gasteiger partial charge in [-0.25, -0.2) is 0 Å². The van der Waals surface area contributed by atoms with Gasteiger partial charge in [-0.05, 0) is 24.6 Å². The van der Waals surface area contributed by atoms with Crippen LogP contribution in [-0.2, 0) is 16.1 Å². The lowest BCUT2D eigenvalue weighted by Gasteiger charge is -2.27. The molecule has 0 radical (unpaired) electrons. The molecule has 21 heavy (non-hydrogen) atoms. The highest BCUT2D eigenvalue weighted by Gasteiger charge is 2.25. The molecule has 6 heteroatoms. The van der Waals surface area contributed by atoms with E-state index in [0.29, 0.717) is 5.56 Å². The Hall–Kier alpha value is -2.39. The molecule has 1 aromatic carbocycles. The maximum absolute atomic E-state index is 11.2. The minimum atomic E-state index is -1.01. The molecule has 0 heterocycles. The van der Waals surface area contributed by atoms with Gasteiger partial charge < -0.3 is 10.2 Å². The third-order valence-corrected chi connectivity index (χ3v) is 3.28. The molecule has 6 nitrogen and oxygen atoms in total. The van der Waals surface area contributed by atoms with E-state index in [1.807, 2.05) is 6.07 Å². The second kappa shape index (κ2) is 7.41. The van der Waals surface area contributed by atoms with Crippen LogP contribution in [0.3, 0.4) is 0 Å². The number of carboxylic acid groups (broad SMARTS) is 2. The number of carboxylic acids is 2. The molecule has 1 aromatic rings. The Balaban J connectivity index is 2.93. The highest BCUT2D eigenvalue weighted by molar-refractivity contribution is 5.73. The fraction of sp³-hybridized carbons (Fsp3) is 0.400. The molecule has 0 saturated carbocycles. The van der Waals surface area contributed by atoms with Crippen molar-refractivity contribution in [2.75, 3.05) is 6.54 Å². The van der Waals surface area contributed by atoms with Gasteiger partial charge in [-0.3, -0.25) is 14.5 Å². The van der Waals surface area contributed by atoms with Crippen molar-refractivity contribution in [1.82, 2.24) is 4.90 Å². The molecule has 0 amide bonds. The zero-order valence-electron chi connectivity index (χ0n) is 12.0. The van der Waals surface area contributed by atoms with Crippen LogP contribution in [0.25, 0.3) is 0 Å². The van der Waals surface area contributed by atoms with E-state index in [4.69, 9.17) is 15.5 Å². The fourth-order valence-electron chi connectivity index (χ4n) is 1.92. The summed E-state index contributed by atoms with van der Waals surface area (Å²) in [6, 6.07) is 8.06. The average Bonchev–Trinajstić information content (AvgIpc) is 2.45. The van der Waals surface area contributed by atoms with E-state index in [9.17, 15) is 9.59 Å². The van der Waals surface area contributed by atoms with Gasteiger partial charge in [0.15, 0.2) is 0 Å². The normalized spacial score (nSPS) is 13.4. The Morgan fingerprint density at radius 2 is 1.95 bits per heavy atom. The summed E-state index contributed by atoms with van der Waals surface area (Å²) >= 11 is 0. The van der Waals surface area contributed by atoms with E-state index >= 15 is 0 Å². The molecular weight excluding hydrogens is 272 g/mol. The van der Waals surface area contributed by atoms with Crippen molar-refractivity contribution in [2.45, 2.75) is 26.4 Å². The molecule has 2 N–H and O–H groups in total. The smallest absolute Gasteiger partial charge is 0.320 e. The predicted molar refractivity (Wildman–Crippen MR) is 75.5 cm³/mol. The Labute approximate surface area is 123 Å².